The molecule has 0 aliphatic carbocycles. The number of benzene rings is 13. The van der Waals surface area contributed by atoms with Crippen LogP contribution in [0.15, 0.2) is 294 Å². The van der Waals surface area contributed by atoms with E-state index in [1.807, 2.05) is 0 Å². The van der Waals surface area contributed by atoms with E-state index in [2.05, 4.69) is 304 Å². The summed E-state index contributed by atoms with van der Waals surface area (Å²) >= 11 is 0. The van der Waals surface area contributed by atoms with E-state index in [0.29, 0.717) is 0 Å². The van der Waals surface area contributed by atoms with E-state index >= 15 is 0 Å². The summed E-state index contributed by atoms with van der Waals surface area (Å²) in [6.07, 6.45) is 0. The molecule has 7 heteroatoms. The van der Waals surface area contributed by atoms with E-state index in [9.17, 15) is 0 Å². The maximum absolute atomic E-state index is 6.89. The Hall–Kier alpha value is -11.3. The van der Waals surface area contributed by atoms with Gasteiger partial charge in [0, 0.05) is 100 Å². The van der Waals surface area contributed by atoms with Crippen LogP contribution >= 0.6 is 0 Å². The second-order valence-corrected chi connectivity index (χ2v) is 22.7. The molecular formula is C78H47BN4O2. The zero-order chi connectivity index (χ0) is 55.4. The lowest BCUT2D eigenvalue weighted by atomic mass is 9.33. The molecule has 17 aromatic rings. The van der Waals surface area contributed by atoms with Crippen molar-refractivity contribution in [1.82, 2.24) is 9.13 Å². The van der Waals surface area contributed by atoms with Gasteiger partial charge in [0.2, 0.25) is 0 Å². The fourth-order valence-electron chi connectivity index (χ4n) is 14.7. The first-order valence-corrected chi connectivity index (χ1v) is 29.2. The molecule has 2 aliphatic heterocycles. The highest BCUT2D eigenvalue weighted by Crippen LogP contribution is 2.52. The first-order valence-electron chi connectivity index (χ1n) is 29.2. The van der Waals surface area contributed by atoms with E-state index in [1.54, 1.807) is 0 Å². The van der Waals surface area contributed by atoms with Gasteiger partial charge >= 0.3 is 0 Å². The Morgan fingerprint density at radius 2 is 0.612 bits per heavy atom. The van der Waals surface area contributed by atoms with Gasteiger partial charge in [-0.3, -0.25) is 0 Å². The highest BCUT2D eigenvalue weighted by Gasteiger charge is 2.45. The summed E-state index contributed by atoms with van der Waals surface area (Å²) in [5, 5.41) is 9.23. The number of rotatable bonds is 6. The SMILES string of the molecule is c1ccc(-c2cc3c(cc2N2c4cc(-n5c6ccccc6c6ccccc65)ccc4B4c5ccc(-n6c7ccccc7c7ccccc76)cc5N(c5cc6oc7ccccc7c6cc5-c5ccccc5)c5cccc2c54)oc2ccccc23)cc1. The average Bonchev–Trinajstić information content (AvgIpc) is 2.20. The topological polar surface area (TPSA) is 42.6 Å². The predicted molar refractivity (Wildman–Crippen MR) is 355 cm³/mol. The second kappa shape index (κ2) is 17.6. The number of furan rings is 2. The molecule has 394 valence electrons. The first kappa shape index (κ1) is 46.3. The zero-order valence-electron chi connectivity index (χ0n) is 45.8. The molecule has 0 N–H and O–H groups in total. The van der Waals surface area contributed by atoms with E-state index in [-0.39, 0.29) is 6.71 Å². The summed E-state index contributed by atoms with van der Waals surface area (Å²) in [5.74, 6) is 0. The van der Waals surface area contributed by atoms with Crippen molar-refractivity contribution in [3.05, 3.63) is 285 Å². The van der Waals surface area contributed by atoms with Crippen LogP contribution < -0.4 is 26.2 Å². The molecule has 0 bridgehead atoms. The van der Waals surface area contributed by atoms with E-state index in [0.717, 1.165) is 134 Å². The van der Waals surface area contributed by atoms with Crippen LogP contribution in [0.5, 0.6) is 0 Å². The minimum atomic E-state index is -0.187. The third-order valence-corrected chi connectivity index (χ3v) is 18.3. The zero-order valence-corrected chi connectivity index (χ0v) is 45.8. The summed E-state index contributed by atoms with van der Waals surface area (Å²) in [6, 6.07) is 104. The summed E-state index contributed by atoms with van der Waals surface area (Å²) in [7, 11) is 0. The fourth-order valence-corrected chi connectivity index (χ4v) is 14.7. The molecule has 0 amide bonds. The van der Waals surface area contributed by atoms with Crippen molar-refractivity contribution in [2.45, 2.75) is 0 Å². The summed E-state index contributed by atoms with van der Waals surface area (Å²) in [5.41, 5.74) is 24.7. The Morgan fingerprint density at radius 1 is 0.247 bits per heavy atom. The van der Waals surface area contributed by atoms with Crippen LogP contribution in [0.1, 0.15) is 0 Å². The number of hydrogen-bond donors (Lipinski definition) is 0. The molecule has 0 fully saturated rings. The van der Waals surface area contributed by atoms with Gasteiger partial charge in [0.1, 0.15) is 22.3 Å². The molecule has 0 radical (unpaired) electrons. The van der Waals surface area contributed by atoms with Crippen LogP contribution in [0.3, 0.4) is 0 Å². The number of hydrogen-bond acceptors (Lipinski definition) is 4. The second-order valence-electron chi connectivity index (χ2n) is 22.7. The quantitative estimate of drug-likeness (QED) is 0.156. The maximum Gasteiger partial charge on any atom is 0.252 e. The Kier molecular flexibility index (Phi) is 9.61. The Bertz CT molecular complexity index is 5200. The van der Waals surface area contributed by atoms with Crippen molar-refractivity contribution in [2.24, 2.45) is 0 Å². The average molecular weight is 1080 g/mol. The van der Waals surface area contributed by atoms with Gasteiger partial charge in [-0.2, -0.15) is 0 Å². The van der Waals surface area contributed by atoms with Crippen LogP contribution in [0.2, 0.25) is 0 Å². The molecule has 6 heterocycles. The lowest BCUT2D eigenvalue weighted by Gasteiger charge is -2.45. The fraction of sp³-hybridized carbons (Fsp3) is 0. The molecule has 85 heavy (non-hydrogen) atoms. The number of nitrogens with zero attached hydrogens (tertiary/aromatic N) is 4. The van der Waals surface area contributed by atoms with E-state index in [1.165, 1.54) is 37.9 Å². The molecule has 13 aromatic carbocycles. The first-order chi connectivity index (χ1) is 42.2. The van der Waals surface area contributed by atoms with E-state index < -0.39 is 0 Å². The highest BCUT2D eigenvalue weighted by atomic mass is 16.3. The number of aromatic nitrogens is 2. The maximum atomic E-state index is 6.89. The van der Waals surface area contributed by atoms with Crippen LogP contribution in [0.25, 0.3) is 121 Å². The molecule has 4 aromatic heterocycles. The Labute approximate surface area is 488 Å². The standard InChI is InChI=1S/C78H47BN4O2/c1-3-20-48(21-4-1)58-44-60-56-28-11-17-36-74(56)84-76(60)46-70(58)82-68-34-19-35-69-78(68)79(62-40-38-50(42-72(62)82)80-64-30-13-7-24-52(64)53-25-8-14-31-65(53)80)63-41-39-51(81-66-32-15-9-26-54(66)55-27-10-16-33-67(55)81)43-73(63)83(69)71-47-77-61(57-29-12-18-37-75(57)85-77)45-59(71)49-22-5-2-6-23-49/h1-47H. The van der Waals surface area contributed by atoms with Crippen molar-refractivity contribution >= 4 is 145 Å². The Morgan fingerprint density at radius 3 is 1.02 bits per heavy atom. The van der Waals surface area contributed by atoms with Gasteiger partial charge in [-0.05, 0) is 112 Å². The third kappa shape index (κ3) is 6.60. The smallest absolute Gasteiger partial charge is 0.252 e. The number of para-hydroxylation sites is 6. The van der Waals surface area contributed by atoms with Gasteiger partial charge in [0.05, 0.1) is 33.4 Å². The van der Waals surface area contributed by atoms with Crippen molar-refractivity contribution in [3.8, 4) is 33.6 Å². The van der Waals surface area contributed by atoms with Crippen LogP contribution in [-0.4, -0.2) is 15.8 Å². The van der Waals surface area contributed by atoms with Crippen molar-refractivity contribution < 1.29 is 8.83 Å². The van der Waals surface area contributed by atoms with Gasteiger partial charge in [0.25, 0.3) is 6.71 Å². The van der Waals surface area contributed by atoms with Crippen molar-refractivity contribution in [3.63, 3.8) is 0 Å². The predicted octanol–water partition coefficient (Wildman–Crippen LogP) is 19.1. The van der Waals surface area contributed by atoms with Crippen LogP contribution in [0.4, 0.5) is 34.1 Å². The number of anilines is 6. The van der Waals surface area contributed by atoms with Crippen molar-refractivity contribution in [2.75, 3.05) is 9.80 Å². The normalized spacial score (nSPS) is 12.9. The minimum Gasteiger partial charge on any atom is -0.456 e. The summed E-state index contributed by atoms with van der Waals surface area (Å²) in [6.45, 7) is -0.187. The molecule has 0 spiro atoms. The van der Waals surface area contributed by atoms with Gasteiger partial charge in [0.15, 0.2) is 0 Å². The van der Waals surface area contributed by atoms with Crippen LogP contribution in [0, 0.1) is 0 Å². The summed E-state index contributed by atoms with van der Waals surface area (Å²) < 4.78 is 18.7. The monoisotopic (exact) mass is 1080 g/mol. The number of fused-ring (bicyclic) bond motifs is 16. The van der Waals surface area contributed by atoms with Gasteiger partial charge in [-0.25, -0.2) is 0 Å². The molecule has 2 aliphatic rings. The molecule has 0 saturated carbocycles. The minimum absolute atomic E-state index is 0.187. The third-order valence-electron chi connectivity index (χ3n) is 18.3. The largest absolute Gasteiger partial charge is 0.456 e. The molecule has 0 unspecified atom stereocenters. The van der Waals surface area contributed by atoms with Crippen LogP contribution in [-0.2, 0) is 0 Å². The van der Waals surface area contributed by atoms with Gasteiger partial charge < -0.3 is 27.8 Å². The van der Waals surface area contributed by atoms with E-state index in [4.69, 9.17) is 8.83 Å². The lowest BCUT2D eigenvalue weighted by Crippen LogP contribution is -2.61. The van der Waals surface area contributed by atoms with Gasteiger partial charge in [-0.15, -0.1) is 0 Å². The molecule has 0 saturated heterocycles. The molecule has 19 rings (SSSR count). The summed E-state index contributed by atoms with van der Waals surface area (Å²) in [4.78, 5) is 5.10. The molecule has 0 atom stereocenters. The Balaban J connectivity index is 0.944. The molecule has 6 nitrogen and oxygen atoms in total. The van der Waals surface area contributed by atoms with Crippen molar-refractivity contribution in [1.29, 1.82) is 0 Å². The highest BCUT2D eigenvalue weighted by molar-refractivity contribution is 7.00. The molecular weight excluding hydrogens is 1040 g/mol. The van der Waals surface area contributed by atoms with Gasteiger partial charge in [-0.1, -0.05) is 188 Å². The lowest BCUT2D eigenvalue weighted by molar-refractivity contribution is 0.668.